The number of hydrogen-bond donors (Lipinski definition) is 3. The number of pyridine rings is 1. The van der Waals surface area contributed by atoms with Crippen molar-refractivity contribution in [3.05, 3.63) is 83.1 Å². The van der Waals surface area contributed by atoms with Gasteiger partial charge in [-0.3, -0.25) is 0 Å². The van der Waals surface area contributed by atoms with Gasteiger partial charge in [-0.2, -0.15) is 0 Å². The molecule has 0 unspecified atom stereocenters. The topological polar surface area (TPSA) is 101 Å². The summed E-state index contributed by atoms with van der Waals surface area (Å²) in [5.74, 6) is 1.56. The van der Waals surface area contributed by atoms with Gasteiger partial charge < -0.3 is 20.7 Å². The van der Waals surface area contributed by atoms with E-state index in [0.717, 1.165) is 16.7 Å². The van der Waals surface area contributed by atoms with Crippen molar-refractivity contribution in [3.63, 3.8) is 0 Å². The average Bonchev–Trinajstić information content (AvgIpc) is 2.85. The number of rotatable bonds is 6. The van der Waals surface area contributed by atoms with Crippen LogP contribution in [-0.4, -0.2) is 28.0 Å². The second kappa shape index (κ2) is 10.2. The molecular weight excluding hydrogens is 452 g/mol. The molecule has 2 heterocycles. The SMILES string of the molecule is CNc1nccc(-c2cccnc2Oc2ccc(NC(=O)Nc3ccc(Cl)cc3)c(C)c2C)n1. The maximum absolute atomic E-state index is 12.4. The second-order valence-electron chi connectivity index (χ2n) is 7.42. The largest absolute Gasteiger partial charge is 0.438 e. The molecule has 0 fully saturated rings. The molecule has 4 rings (SSSR count). The molecule has 2 amide bonds. The first-order valence-electron chi connectivity index (χ1n) is 10.5. The first-order valence-corrected chi connectivity index (χ1v) is 10.9. The highest BCUT2D eigenvalue weighted by Crippen LogP contribution is 2.34. The van der Waals surface area contributed by atoms with E-state index in [1.165, 1.54) is 0 Å². The third-order valence-corrected chi connectivity index (χ3v) is 5.47. The molecule has 0 aliphatic carbocycles. The Kier molecular flexibility index (Phi) is 6.89. The summed E-state index contributed by atoms with van der Waals surface area (Å²) in [6, 6.07) is 15.7. The Labute approximate surface area is 202 Å². The molecule has 172 valence electrons. The van der Waals surface area contributed by atoms with Gasteiger partial charge in [0.25, 0.3) is 0 Å². The van der Waals surface area contributed by atoms with E-state index < -0.39 is 0 Å². The van der Waals surface area contributed by atoms with Gasteiger partial charge in [0.05, 0.1) is 11.3 Å². The molecule has 0 aliphatic rings. The maximum Gasteiger partial charge on any atom is 0.323 e. The van der Waals surface area contributed by atoms with Crippen LogP contribution in [-0.2, 0) is 0 Å². The van der Waals surface area contributed by atoms with E-state index in [1.54, 1.807) is 61.9 Å². The minimum atomic E-state index is -0.352. The Bertz CT molecular complexity index is 1330. The van der Waals surface area contributed by atoms with Gasteiger partial charge in [-0.1, -0.05) is 11.6 Å². The molecule has 0 atom stereocenters. The number of nitrogens with zero attached hydrogens (tertiary/aromatic N) is 3. The van der Waals surface area contributed by atoms with Crippen molar-refractivity contribution in [2.75, 3.05) is 23.0 Å². The number of carbonyl (C=O) groups is 1. The Hall–Kier alpha value is -4.17. The minimum absolute atomic E-state index is 0.352. The van der Waals surface area contributed by atoms with Crippen molar-refractivity contribution in [2.45, 2.75) is 13.8 Å². The minimum Gasteiger partial charge on any atom is -0.438 e. The van der Waals surface area contributed by atoms with Gasteiger partial charge in [0.1, 0.15) is 5.75 Å². The molecule has 8 nitrogen and oxygen atoms in total. The van der Waals surface area contributed by atoms with Gasteiger partial charge in [0.15, 0.2) is 0 Å². The van der Waals surface area contributed by atoms with Gasteiger partial charge in [-0.25, -0.2) is 19.7 Å². The first-order chi connectivity index (χ1) is 16.4. The number of halogens is 1. The van der Waals surface area contributed by atoms with E-state index in [1.807, 2.05) is 26.0 Å². The summed E-state index contributed by atoms with van der Waals surface area (Å²) in [6.07, 6.45) is 3.34. The number of benzene rings is 2. The van der Waals surface area contributed by atoms with Gasteiger partial charge in [0, 0.05) is 35.8 Å². The van der Waals surface area contributed by atoms with Crippen LogP contribution in [0.3, 0.4) is 0 Å². The van der Waals surface area contributed by atoms with Crippen LogP contribution < -0.4 is 20.7 Å². The lowest BCUT2D eigenvalue weighted by Gasteiger charge is -2.16. The molecule has 0 radical (unpaired) electrons. The fourth-order valence-electron chi connectivity index (χ4n) is 3.26. The van der Waals surface area contributed by atoms with E-state index in [4.69, 9.17) is 16.3 Å². The Morgan fingerprint density at radius 2 is 1.71 bits per heavy atom. The highest BCUT2D eigenvalue weighted by molar-refractivity contribution is 6.30. The predicted molar refractivity (Wildman–Crippen MR) is 135 cm³/mol. The van der Waals surface area contributed by atoms with E-state index >= 15 is 0 Å². The van der Waals surface area contributed by atoms with Crippen LogP contribution in [0.1, 0.15) is 11.1 Å². The molecule has 9 heteroatoms. The fourth-order valence-corrected chi connectivity index (χ4v) is 3.39. The standard InChI is InChI=1S/C25H23ClN6O2/c1-15-16(2)22(11-10-20(15)32-25(33)30-18-8-6-17(26)7-9-18)34-23-19(5-4-13-28-23)21-12-14-29-24(27-3)31-21/h4-14H,1-3H3,(H,27,29,31)(H2,30,32,33). The van der Waals surface area contributed by atoms with Gasteiger partial charge in [0.2, 0.25) is 11.8 Å². The van der Waals surface area contributed by atoms with Crippen molar-refractivity contribution >= 4 is 35.0 Å². The van der Waals surface area contributed by atoms with Crippen molar-refractivity contribution in [1.29, 1.82) is 0 Å². The van der Waals surface area contributed by atoms with E-state index in [-0.39, 0.29) is 6.03 Å². The number of ether oxygens (including phenoxy) is 1. The molecule has 4 aromatic rings. The smallest absolute Gasteiger partial charge is 0.323 e. The van der Waals surface area contributed by atoms with Crippen LogP contribution >= 0.6 is 11.6 Å². The molecule has 2 aromatic heterocycles. The number of nitrogens with one attached hydrogen (secondary N) is 3. The summed E-state index contributed by atoms with van der Waals surface area (Å²) < 4.78 is 6.18. The van der Waals surface area contributed by atoms with Crippen LogP contribution in [0.2, 0.25) is 5.02 Å². The number of amides is 2. The van der Waals surface area contributed by atoms with E-state index in [0.29, 0.717) is 39.7 Å². The number of aromatic nitrogens is 3. The third-order valence-electron chi connectivity index (χ3n) is 5.22. The Balaban J connectivity index is 1.54. The third kappa shape index (κ3) is 5.24. The molecule has 0 aliphatic heterocycles. The van der Waals surface area contributed by atoms with Crippen LogP contribution in [0.15, 0.2) is 67.0 Å². The normalized spacial score (nSPS) is 10.5. The molecule has 34 heavy (non-hydrogen) atoms. The monoisotopic (exact) mass is 474 g/mol. The Morgan fingerprint density at radius 1 is 0.912 bits per heavy atom. The molecule has 0 bridgehead atoms. The number of urea groups is 1. The Morgan fingerprint density at radius 3 is 2.47 bits per heavy atom. The average molecular weight is 475 g/mol. The fraction of sp³-hybridized carbons (Fsp3) is 0.120. The zero-order valence-corrected chi connectivity index (χ0v) is 19.6. The maximum atomic E-state index is 12.4. The number of carbonyl (C=O) groups excluding carboxylic acids is 1. The van der Waals surface area contributed by atoms with Crippen LogP contribution in [0, 0.1) is 13.8 Å². The van der Waals surface area contributed by atoms with E-state index in [9.17, 15) is 4.79 Å². The molecule has 0 saturated carbocycles. The molecule has 0 saturated heterocycles. The van der Waals surface area contributed by atoms with E-state index in [2.05, 4.69) is 30.9 Å². The van der Waals surface area contributed by atoms with Crippen LogP contribution in [0.25, 0.3) is 11.3 Å². The highest BCUT2D eigenvalue weighted by Gasteiger charge is 2.15. The van der Waals surface area contributed by atoms with Gasteiger partial charge in [-0.15, -0.1) is 0 Å². The highest BCUT2D eigenvalue weighted by atomic mass is 35.5. The van der Waals surface area contributed by atoms with Crippen molar-refractivity contribution < 1.29 is 9.53 Å². The quantitative estimate of drug-likeness (QED) is 0.303. The summed E-state index contributed by atoms with van der Waals surface area (Å²) in [7, 11) is 1.76. The lowest BCUT2D eigenvalue weighted by Crippen LogP contribution is -2.20. The summed E-state index contributed by atoms with van der Waals surface area (Å²) in [5, 5.41) is 9.20. The molecular formula is C25H23ClN6O2. The molecule has 2 aromatic carbocycles. The predicted octanol–water partition coefficient (Wildman–Crippen LogP) is 6.29. The van der Waals surface area contributed by atoms with Crippen LogP contribution in [0.5, 0.6) is 11.6 Å². The van der Waals surface area contributed by atoms with Crippen LogP contribution in [0.4, 0.5) is 22.1 Å². The summed E-state index contributed by atoms with van der Waals surface area (Å²) >= 11 is 5.89. The van der Waals surface area contributed by atoms with Gasteiger partial charge >= 0.3 is 6.03 Å². The molecule has 3 N–H and O–H groups in total. The van der Waals surface area contributed by atoms with Crippen molar-refractivity contribution in [1.82, 2.24) is 15.0 Å². The summed E-state index contributed by atoms with van der Waals surface area (Å²) in [4.78, 5) is 25.5. The number of anilines is 3. The zero-order valence-electron chi connectivity index (χ0n) is 18.9. The molecule has 0 spiro atoms. The first kappa shape index (κ1) is 23.0. The lowest BCUT2D eigenvalue weighted by molar-refractivity contribution is 0.262. The van der Waals surface area contributed by atoms with Gasteiger partial charge in [-0.05, 0) is 79.6 Å². The number of hydrogen-bond acceptors (Lipinski definition) is 6. The lowest BCUT2D eigenvalue weighted by atomic mass is 10.1. The van der Waals surface area contributed by atoms with Crippen molar-refractivity contribution in [3.8, 4) is 22.9 Å². The zero-order chi connectivity index (χ0) is 24.1. The summed E-state index contributed by atoms with van der Waals surface area (Å²) in [5.41, 5.74) is 4.49. The summed E-state index contributed by atoms with van der Waals surface area (Å²) in [6.45, 7) is 3.85. The van der Waals surface area contributed by atoms with Crippen molar-refractivity contribution in [2.24, 2.45) is 0 Å². The second-order valence-corrected chi connectivity index (χ2v) is 7.86.